The fourth-order valence-corrected chi connectivity index (χ4v) is 2.51. The average Bonchev–Trinajstić information content (AvgIpc) is 2.60. The monoisotopic (exact) mass is 337 g/mol. The number of nitrogens with one attached hydrogen (secondary N) is 1. The van der Waals surface area contributed by atoms with E-state index in [1.807, 2.05) is 0 Å². The van der Waals surface area contributed by atoms with Crippen LogP contribution >= 0.6 is 0 Å². The van der Waals surface area contributed by atoms with Crippen LogP contribution in [0.1, 0.15) is 23.7 Å². The summed E-state index contributed by atoms with van der Waals surface area (Å²) >= 11 is 0. The van der Waals surface area contributed by atoms with Crippen LogP contribution in [0.5, 0.6) is 5.75 Å². The molecule has 1 heterocycles. The van der Waals surface area contributed by atoms with Crippen LogP contribution in [0.3, 0.4) is 0 Å². The van der Waals surface area contributed by atoms with Crippen molar-refractivity contribution < 1.29 is 19.2 Å². The van der Waals surface area contributed by atoms with Crippen molar-refractivity contribution >= 4 is 11.6 Å². The number of nitro groups is 1. The fourth-order valence-electron chi connectivity index (χ4n) is 2.51. The normalized spacial score (nSPS) is 15.0. The van der Waals surface area contributed by atoms with Crippen molar-refractivity contribution in [2.75, 3.05) is 46.0 Å². The summed E-state index contributed by atoms with van der Waals surface area (Å²) in [5.41, 5.74) is 0.0642. The van der Waals surface area contributed by atoms with Gasteiger partial charge in [-0.2, -0.15) is 0 Å². The second-order valence-corrected chi connectivity index (χ2v) is 5.44. The fraction of sp³-hybridized carbons (Fsp3) is 0.562. The number of hydrogen-bond acceptors (Lipinski definition) is 6. The average molecular weight is 337 g/mol. The van der Waals surface area contributed by atoms with Crippen molar-refractivity contribution in [3.05, 3.63) is 33.9 Å². The predicted molar refractivity (Wildman–Crippen MR) is 88.5 cm³/mol. The molecular formula is C16H23N3O5. The zero-order chi connectivity index (χ0) is 17.4. The Bertz CT molecular complexity index is 573. The molecule has 1 aliphatic rings. The summed E-state index contributed by atoms with van der Waals surface area (Å²) in [6.07, 6.45) is 0.824. The first-order valence-corrected chi connectivity index (χ1v) is 8.11. The van der Waals surface area contributed by atoms with Crippen LogP contribution in [0.15, 0.2) is 18.2 Å². The van der Waals surface area contributed by atoms with Gasteiger partial charge in [0.2, 0.25) is 0 Å². The van der Waals surface area contributed by atoms with Gasteiger partial charge in [-0.15, -0.1) is 0 Å². The van der Waals surface area contributed by atoms with Gasteiger partial charge in [-0.1, -0.05) is 0 Å². The summed E-state index contributed by atoms with van der Waals surface area (Å²) in [4.78, 5) is 25.0. The minimum absolute atomic E-state index is 0.173. The molecule has 1 N–H and O–H groups in total. The molecular weight excluding hydrogens is 314 g/mol. The first-order valence-electron chi connectivity index (χ1n) is 8.11. The summed E-state index contributed by atoms with van der Waals surface area (Å²) in [5.74, 6) is -0.144. The molecule has 2 rings (SSSR count). The van der Waals surface area contributed by atoms with Gasteiger partial charge in [0.1, 0.15) is 0 Å². The van der Waals surface area contributed by atoms with E-state index in [0.717, 1.165) is 39.3 Å². The highest BCUT2D eigenvalue weighted by molar-refractivity contribution is 5.95. The lowest BCUT2D eigenvalue weighted by molar-refractivity contribution is -0.385. The molecule has 0 radical (unpaired) electrons. The standard InChI is InChI=1S/C16H23N3O5/c1-2-24-15-5-4-13(12-14(15)19(21)22)16(20)17-6-3-7-18-8-10-23-11-9-18/h4-5,12H,2-3,6-11H2,1H3,(H,17,20). The van der Waals surface area contributed by atoms with E-state index in [-0.39, 0.29) is 22.9 Å². The molecule has 1 saturated heterocycles. The quantitative estimate of drug-likeness (QED) is 0.438. The molecule has 0 saturated carbocycles. The van der Waals surface area contributed by atoms with E-state index in [4.69, 9.17) is 9.47 Å². The molecule has 0 atom stereocenters. The number of nitro benzene ring substituents is 1. The van der Waals surface area contributed by atoms with E-state index < -0.39 is 4.92 Å². The minimum Gasteiger partial charge on any atom is -0.487 e. The number of rotatable bonds is 8. The number of carbonyl (C=O) groups is 1. The second kappa shape index (κ2) is 9.19. The van der Waals surface area contributed by atoms with Crippen molar-refractivity contribution in [2.45, 2.75) is 13.3 Å². The summed E-state index contributed by atoms with van der Waals surface area (Å²) in [6, 6.07) is 4.25. The Morgan fingerprint density at radius 3 is 2.83 bits per heavy atom. The van der Waals surface area contributed by atoms with Gasteiger partial charge in [-0.05, 0) is 32.0 Å². The number of morpholine rings is 1. The van der Waals surface area contributed by atoms with Gasteiger partial charge in [0.05, 0.1) is 24.7 Å². The molecule has 1 aromatic carbocycles. The molecule has 1 aliphatic heterocycles. The van der Waals surface area contributed by atoms with E-state index in [0.29, 0.717) is 13.2 Å². The van der Waals surface area contributed by atoms with Crippen LogP contribution in [-0.4, -0.2) is 61.7 Å². The van der Waals surface area contributed by atoms with E-state index in [9.17, 15) is 14.9 Å². The van der Waals surface area contributed by atoms with Gasteiger partial charge in [-0.25, -0.2) is 0 Å². The van der Waals surface area contributed by atoms with Crippen molar-refractivity contribution in [1.82, 2.24) is 10.2 Å². The van der Waals surface area contributed by atoms with Crippen LogP contribution in [-0.2, 0) is 4.74 Å². The second-order valence-electron chi connectivity index (χ2n) is 5.44. The van der Waals surface area contributed by atoms with Gasteiger partial charge >= 0.3 is 5.69 Å². The lowest BCUT2D eigenvalue weighted by atomic mass is 10.1. The SMILES string of the molecule is CCOc1ccc(C(=O)NCCCN2CCOCC2)cc1[N+](=O)[O-]. The third kappa shape index (κ3) is 5.17. The summed E-state index contributed by atoms with van der Waals surface area (Å²) in [6.45, 7) is 6.83. The van der Waals surface area contributed by atoms with E-state index >= 15 is 0 Å². The molecule has 0 bridgehead atoms. The lowest BCUT2D eigenvalue weighted by Gasteiger charge is -2.26. The summed E-state index contributed by atoms with van der Waals surface area (Å²) < 4.78 is 10.5. The first kappa shape index (κ1) is 18.2. The number of amides is 1. The Balaban J connectivity index is 1.85. The highest BCUT2D eigenvalue weighted by Crippen LogP contribution is 2.27. The van der Waals surface area contributed by atoms with Crippen LogP contribution in [0.4, 0.5) is 5.69 Å². The number of hydrogen-bond donors (Lipinski definition) is 1. The highest BCUT2D eigenvalue weighted by atomic mass is 16.6. The smallest absolute Gasteiger partial charge is 0.311 e. The van der Waals surface area contributed by atoms with Gasteiger partial charge in [-0.3, -0.25) is 19.8 Å². The van der Waals surface area contributed by atoms with Gasteiger partial charge in [0.25, 0.3) is 5.91 Å². The molecule has 1 fully saturated rings. The molecule has 0 spiro atoms. The Morgan fingerprint density at radius 2 is 2.17 bits per heavy atom. The number of nitrogens with zero attached hydrogens (tertiary/aromatic N) is 2. The first-order chi connectivity index (χ1) is 11.6. The molecule has 132 valence electrons. The predicted octanol–water partition coefficient (Wildman–Crippen LogP) is 1.45. The Kier molecular flexibility index (Phi) is 6.95. The number of benzene rings is 1. The van der Waals surface area contributed by atoms with Crippen LogP contribution < -0.4 is 10.1 Å². The third-order valence-electron chi connectivity index (χ3n) is 3.76. The highest BCUT2D eigenvalue weighted by Gasteiger charge is 2.18. The zero-order valence-electron chi connectivity index (χ0n) is 13.8. The largest absolute Gasteiger partial charge is 0.487 e. The van der Waals surface area contributed by atoms with Crippen LogP contribution in [0, 0.1) is 10.1 Å². The van der Waals surface area contributed by atoms with E-state index in [1.54, 1.807) is 6.92 Å². The number of ether oxygens (including phenoxy) is 2. The number of carbonyl (C=O) groups excluding carboxylic acids is 1. The van der Waals surface area contributed by atoms with E-state index in [1.165, 1.54) is 18.2 Å². The van der Waals surface area contributed by atoms with Gasteiger partial charge in [0, 0.05) is 31.3 Å². The maximum absolute atomic E-state index is 12.1. The van der Waals surface area contributed by atoms with Crippen LogP contribution in [0.2, 0.25) is 0 Å². The molecule has 8 heteroatoms. The molecule has 8 nitrogen and oxygen atoms in total. The van der Waals surface area contributed by atoms with Crippen molar-refractivity contribution in [3.63, 3.8) is 0 Å². The maximum atomic E-state index is 12.1. The molecule has 1 amide bonds. The molecule has 0 aliphatic carbocycles. The summed E-state index contributed by atoms with van der Waals surface area (Å²) in [5, 5.41) is 13.9. The van der Waals surface area contributed by atoms with Crippen molar-refractivity contribution in [3.8, 4) is 5.75 Å². The molecule has 0 unspecified atom stereocenters. The van der Waals surface area contributed by atoms with Gasteiger partial charge in [0.15, 0.2) is 5.75 Å². The lowest BCUT2D eigenvalue weighted by Crippen LogP contribution is -2.38. The molecule has 24 heavy (non-hydrogen) atoms. The molecule has 1 aromatic rings. The minimum atomic E-state index is -0.541. The third-order valence-corrected chi connectivity index (χ3v) is 3.76. The maximum Gasteiger partial charge on any atom is 0.311 e. The zero-order valence-corrected chi connectivity index (χ0v) is 13.8. The van der Waals surface area contributed by atoms with Crippen molar-refractivity contribution in [1.29, 1.82) is 0 Å². The van der Waals surface area contributed by atoms with Gasteiger partial charge < -0.3 is 14.8 Å². The topological polar surface area (TPSA) is 93.9 Å². The molecule has 0 aromatic heterocycles. The van der Waals surface area contributed by atoms with E-state index in [2.05, 4.69) is 10.2 Å². The van der Waals surface area contributed by atoms with Crippen molar-refractivity contribution in [2.24, 2.45) is 0 Å². The Hall–Kier alpha value is -2.19. The summed E-state index contributed by atoms with van der Waals surface area (Å²) in [7, 11) is 0. The Morgan fingerprint density at radius 1 is 1.42 bits per heavy atom. The van der Waals surface area contributed by atoms with Crippen LogP contribution in [0.25, 0.3) is 0 Å². The Labute approximate surface area is 140 Å².